The number of fused-ring (bicyclic) bond motifs is 5. The summed E-state index contributed by atoms with van der Waals surface area (Å²) in [6, 6.07) is 92.5. The Bertz CT molecular complexity index is 3580. The smallest absolute Gasteiger partial charge is 0.0541 e. The van der Waals surface area contributed by atoms with Gasteiger partial charge in [-0.2, -0.15) is 0 Å². The second-order valence-electron chi connectivity index (χ2n) is 16.5. The summed E-state index contributed by atoms with van der Waals surface area (Å²) in [6.07, 6.45) is 0. The van der Waals surface area contributed by atoms with Crippen molar-refractivity contribution in [2.75, 3.05) is 4.90 Å². The van der Waals surface area contributed by atoms with Crippen LogP contribution in [0.5, 0.6) is 0 Å². The summed E-state index contributed by atoms with van der Waals surface area (Å²) in [6.45, 7) is 0. The zero-order chi connectivity index (χ0) is 42.4. The number of aromatic nitrogens is 1. The zero-order valence-electron chi connectivity index (χ0n) is 35.1. The molecule has 300 valence electrons. The third kappa shape index (κ3) is 6.44. The van der Waals surface area contributed by atoms with E-state index in [0.717, 1.165) is 17.1 Å². The molecular formula is C62H42N2. The third-order valence-corrected chi connectivity index (χ3v) is 12.8. The van der Waals surface area contributed by atoms with Crippen LogP contribution in [0, 0.1) is 0 Å². The normalized spacial score (nSPS) is 11.4. The van der Waals surface area contributed by atoms with E-state index in [2.05, 4.69) is 264 Å². The Kier molecular flexibility index (Phi) is 9.20. The number of anilines is 3. The lowest BCUT2D eigenvalue weighted by molar-refractivity contribution is 1.18. The topological polar surface area (TPSA) is 8.17 Å². The van der Waals surface area contributed by atoms with E-state index in [1.807, 2.05) is 0 Å². The van der Waals surface area contributed by atoms with Crippen molar-refractivity contribution in [2.45, 2.75) is 0 Å². The maximum atomic E-state index is 2.41. The van der Waals surface area contributed by atoms with Gasteiger partial charge in [-0.15, -0.1) is 0 Å². The van der Waals surface area contributed by atoms with E-state index in [9.17, 15) is 0 Å². The SMILES string of the molecule is c1ccc(-c2ccc(-c3ccc(N(c4ccc(-c5ccc(-c6ccccc6-n6c7ccccc7c7ccccc76)cc5)cc4)c4cccc5ccccc45)cc3)c3ccccc23)cc1. The molecule has 0 fully saturated rings. The highest BCUT2D eigenvalue weighted by atomic mass is 15.1. The fourth-order valence-corrected chi connectivity index (χ4v) is 9.78. The molecule has 2 nitrogen and oxygen atoms in total. The van der Waals surface area contributed by atoms with E-state index >= 15 is 0 Å². The van der Waals surface area contributed by atoms with Crippen molar-refractivity contribution in [2.24, 2.45) is 0 Å². The fourth-order valence-electron chi connectivity index (χ4n) is 9.78. The third-order valence-electron chi connectivity index (χ3n) is 12.8. The van der Waals surface area contributed by atoms with Crippen molar-refractivity contribution in [1.82, 2.24) is 4.57 Å². The summed E-state index contributed by atoms with van der Waals surface area (Å²) < 4.78 is 2.41. The van der Waals surface area contributed by atoms with E-state index in [-0.39, 0.29) is 0 Å². The molecule has 0 saturated carbocycles. The minimum atomic E-state index is 1.10. The van der Waals surface area contributed by atoms with Gasteiger partial charge in [0.25, 0.3) is 0 Å². The lowest BCUT2D eigenvalue weighted by Crippen LogP contribution is -2.10. The lowest BCUT2D eigenvalue weighted by Gasteiger charge is -2.27. The van der Waals surface area contributed by atoms with Gasteiger partial charge in [0.2, 0.25) is 0 Å². The Morgan fingerprint density at radius 1 is 0.250 bits per heavy atom. The van der Waals surface area contributed by atoms with Gasteiger partial charge in [-0.1, -0.05) is 206 Å². The quantitative estimate of drug-likeness (QED) is 0.148. The van der Waals surface area contributed by atoms with Gasteiger partial charge in [-0.3, -0.25) is 0 Å². The van der Waals surface area contributed by atoms with Crippen molar-refractivity contribution in [3.05, 3.63) is 255 Å². The molecule has 0 spiro atoms. The van der Waals surface area contributed by atoms with Crippen molar-refractivity contribution < 1.29 is 0 Å². The number of benzene rings is 11. The predicted molar refractivity (Wildman–Crippen MR) is 272 cm³/mol. The first-order valence-electron chi connectivity index (χ1n) is 22.0. The Morgan fingerprint density at radius 2 is 0.672 bits per heavy atom. The first kappa shape index (κ1) is 37.3. The molecule has 0 N–H and O–H groups in total. The highest BCUT2D eigenvalue weighted by molar-refractivity contribution is 6.10. The predicted octanol–water partition coefficient (Wildman–Crippen LogP) is 17.2. The molecule has 0 saturated heterocycles. The highest BCUT2D eigenvalue weighted by Gasteiger charge is 2.18. The molecule has 0 atom stereocenters. The van der Waals surface area contributed by atoms with Gasteiger partial charge in [-0.05, 0) is 104 Å². The second-order valence-corrected chi connectivity index (χ2v) is 16.5. The molecule has 12 aromatic rings. The Hall–Kier alpha value is -8.46. The number of para-hydroxylation sites is 3. The van der Waals surface area contributed by atoms with E-state index in [4.69, 9.17) is 0 Å². The Balaban J connectivity index is 0.893. The molecule has 0 radical (unpaired) electrons. The van der Waals surface area contributed by atoms with Crippen LogP contribution in [0.4, 0.5) is 17.1 Å². The average molecular weight is 815 g/mol. The van der Waals surface area contributed by atoms with Gasteiger partial charge in [-0.25, -0.2) is 0 Å². The van der Waals surface area contributed by atoms with Crippen molar-refractivity contribution in [1.29, 1.82) is 0 Å². The molecular weight excluding hydrogens is 773 g/mol. The number of hydrogen-bond acceptors (Lipinski definition) is 1. The molecule has 0 unspecified atom stereocenters. The first-order chi connectivity index (χ1) is 31.8. The number of nitrogens with zero attached hydrogens (tertiary/aromatic N) is 2. The molecule has 2 heteroatoms. The van der Waals surface area contributed by atoms with Crippen LogP contribution < -0.4 is 4.90 Å². The summed E-state index contributed by atoms with van der Waals surface area (Å²) in [5.41, 5.74) is 16.6. The maximum Gasteiger partial charge on any atom is 0.0541 e. The monoisotopic (exact) mass is 814 g/mol. The minimum absolute atomic E-state index is 1.10. The Labute approximate surface area is 373 Å². The van der Waals surface area contributed by atoms with E-state index < -0.39 is 0 Å². The van der Waals surface area contributed by atoms with Crippen molar-refractivity contribution in [3.8, 4) is 50.2 Å². The van der Waals surface area contributed by atoms with Crippen LogP contribution >= 0.6 is 0 Å². The molecule has 0 aliphatic heterocycles. The summed E-state index contributed by atoms with van der Waals surface area (Å²) in [4.78, 5) is 2.39. The van der Waals surface area contributed by atoms with Gasteiger partial charge in [0.1, 0.15) is 0 Å². The van der Waals surface area contributed by atoms with Gasteiger partial charge in [0.05, 0.1) is 22.4 Å². The molecule has 0 amide bonds. The summed E-state index contributed by atoms with van der Waals surface area (Å²) in [5, 5.41) is 7.45. The van der Waals surface area contributed by atoms with E-state index in [0.29, 0.717) is 0 Å². The van der Waals surface area contributed by atoms with Crippen LogP contribution in [-0.2, 0) is 0 Å². The second kappa shape index (κ2) is 15.8. The average Bonchev–Trinajstić information content (AvgIpc) is 3.71. The zero-order valence-corrected chi connectivity index (χ0v) is 35.1. The molecule has 0 bridgehead atoms. The van der Waals surface area contributed by atoms with Crippen molar-refractivity contribution >= 4 is 60.4 Å². The molecule has 64 heavy (non-hydrogen) atoms. The van der Waals surface area contributed by atoms with E-state index in [1.165, 1.54) is 93.5 Å². The molecule has 0 aliphatic carbocycles. The maximum absolute atomic E-state index is 2.41. The van der Waals surface area contributed by atoms with Crippen LogP contribution in [-0.4, -0.2) is 4.57 Å². The summed E-state index contributed by atoms with van der Waals surface area (Å²) in [5.74, 6) is 0. The summed E-state index contributed by atoms with van der Waals surface area (Å²) >= 11 is 0. The van der Waals surface area contributed by atoms with Crippen molar-refractivity contribution in [3.63, 3.8) is 0 Å². The molecule has 0 aliphatic rings. The molecule has 12 rings (SSSR count). The highest BCUT2D eigenvalue weighted by Crippen LogP contribution is 2.42. The van der Waals surface area contributed by atoms with Gasteiger partial charge in [0.15, 0.2) is 0 Å². The molecule has 1 aromatic heterocycles. The largest absolute Gasteiger partial charge is 0.310 e. The molecule has 1 heterocycles. The van der Waals surface area contributed by atoms with Crippen LogP contribution in [0.2, 0.25) is 0 Å². The first-order valence-corrected chi connectivity index (χ1v) is 22.0. The van der Waals surface area contributed by atoms with Crippen LogP contribution in [0.1, 0.15) is 0 Å². The van der Waals surface area contributed by atoms with Gasteiger partial charge >= 0.3 is 0 Å². The van der Waals surface area contributed by atoms with Crippen LogP contribution in [0.25, 0.3) is 93.5 Å². The van der Waals surface area contributed by atoms with Crippen LogP contribution in [0.3, 0.4) is 0 Å². The number of rotatable bonds is 8. The van der Waals surface area contributed by atoms with Gasteiger partial charge < -0.3 is 9.47 Å². The van der Waals surface area contributed by atoms with E-state index in [1.54, 1.807) is 0 Å². The standard InChI is InChI=1S/C62H42N2/c1-2-15-45(16-3-1)51-41-42-52(56-22-7-6-21-55(51)56)47-35-39-50(40-36-47)63(59-28-14-18-46-17-4-5-19-53(46)59)49-37-33-44(34-38-49)43-29-31-48(32-30-43)54-20-8-11-25-60(54)64-61-26-12-9-23-57(61)58-24-10-13-27-62(58)64/h1-42H. The summed E-state index contributed by atoms with van der Waals surface area (Å²) in [7, 11) is 0. The lowest BCUT2D eigenvalue weighted by atomic mass is 9.92. The van der Waals surface area contributed by atoms with Gasteiger partial charge in [0, 0.05) is 33.1 Å². The minimum Gasteiger partial charge on any atom is -0.310 e. The fraction of sp³-hybridized carbons (Fsp3) is 0. The Morgan fingerprint density at radius 3 is 1.30 bits per heavy atom. The molecule has 11 aromatic carbocycles. The number of hydrogen-bond donors (Lipinski definition) is 0. The van der Waals surface area contributed by atoms with Crippen LogP contribution in [0.15, 0.2) is 255 Å².